The number of benzene rings is 2. The molecule has 1 amide bonds. The van der Waals surface area contributed by atoms with E-state index in [0.29, 0.717) is 35.3 Å². The fourth-order valence-corrected chi connectivity index (χ4v) is 5.56. The molecule has 0 aromatic heterocycles. The predicted molar refractivity (Wildman–Crippen MR) is 127 cm³/mol. The van der Waals surface area contributed by atoms with Gasteiger partial charge in [-0.15, -0.1) is 0 Å². The summed E-state index contributed by atoms with van der Waals surface area (Å²) in [6, 6.07) is 9.14. The Labute approximate surface area is 203 Å². The van der Waals surface area contributed by atoms with E-state index >= 15 is 0 Å². The molecule has 3 heterocycles. The Morgan fingerprint density at radius 3 is 2.68 bits per heavy atom. The highest BCUT2D eigenvalue weighted by Gasteiger charge is 2.47. The SMILES string of the molecule is CC(C)(C)[C@@H]1CCc2cc(Cl)cc3c2N1C(=O)[C@@H](CC(=O)O)O[C@@H]3c1cccc2c1OCCO2. The number of halogens is 1. The van der Waals surface area contributed by atoms with Crippen molar-refractivity contribution in [1.82, 2.24) is 0 Å². The van der Waals surface area contributed by atoms with Crippen molar-refractivity contribution in [3.8, 4) is 11.5 Å². The number of hydrogen-bond acceptors (Lipinski definition) is 5. The Morgan fingerprint density at radius 1 is 1.18 bits per heavy atom. The summed E-state index contributed by atoms with van der Waals surface area (Å²) in [6.45, 7) is 7.12. The number of carboxylic acids is 1. The Kier molecular flexibility index (Phi) is 5.73. The van der Waals surface area contributed by atoms with Gasteiger partial charge >= 0.3 is 5.97 Å². The zero-order valence-corrected chi connectivity index (χ0v) is 20.2. The summed E-state index contributed by atoms with van der Waals surface area (Å²) in [5.74, 6) is -0.291. The second-order valence-electron chi connectivity index (χ2n) is 10.1. The number of rotatable bonds is 3. The number of aryl methyl sites for hydroxylation is 1. The lowest BCUT2D eigenvalue weighted by molar-refractivity contribution is -0.147. The normalized spacial score (nSPS) is 23.8. The molecule has 2 aromatic carbocycles. The van der Waals surface area contributed by atoms with Crippen molar-refractivity contribution < 1.29 is 28.9 Å². The number of anilines is 1. The molecule has 0 bridgehead atoms. The number of aliphatic carboxylic acids is 1. The third-order valence-electron chi connectivity index (χ3n) is 6.76. The summed E-state index contributed by atoms with van der Waals surface area (Å²) in [6.07, 6.45) is -0.834. The van der Waals surface area contributed by atoms with Gasteiger partial charge in [0.25, 0.3) is 5.91 Å². The van der Waals surface area contributed by atoms with Crippen LogP contribution in [0.15, 0.2) is 30.3 Å². The number of ether oxygens (including phenoxy) is 3. The van der Waals surface area contributed by atoms with Gasteiger partial charge < -0.3 is 24.2 Å². The van der Waals surface area contributed by atoms with Gasteiger partial charge in [-0.25, -0.2) is 0 Å². The molecule has 7 nitrogen and oxygen atoms in total. The monoisotopic (exact) mass is 485 g/mol. The second kappa shape index (κ2) is 8.47. The van der Waals surface area contributed by atoms with Crippen molar-refractivity contribution in [3.63, 3.8) is 0 Å². The van der Waals surface area contributed by atoms with Gasteiger partial charge in [-0.3, -0.25) is 9.59 Å². The number of fused-ring (bicyclic) bond motifs is 1. The molecule has 0 fully saturated rings. The highest BCUT2D eigenvalue weighted by Crippen LogP contribution is 2.50. The molecule has 0 aliphatic carbocycles. The topological polar surface area (TPSA) is 85.3 Å². The van der Waals surface area contributed by atoms with Crippen molar-refractivity contribution in [1.29, 1.82) is 0 Å². The molecule has 5 rings (SSSR count). The van der Waals surface area contributed by atoms with E-state index in [1.54, 1.807) is 4.90 Å². The fourth-order valence-electron chi connectivity index (χ4n) is 5.31. The highest BCUT2D eigenvalue weighted by atomic mass is 35.5. The zero-order chi connectivity index (χ0) is 24.2. The smallest absolute Gasteiger partial charge is 0.306 e. The summed E-state index contributed by atoms with van der Waals surface area (Å²) in [7, 11) is 0. The third-order valence-corrected chi connectivity index (χ3v) is 6.98. The van der Waals surface area contributed by atoms with E-state index in [-0.39, 0.29) is 17.4 Å². The Balaban J connectivity index is 1.76. The molecule has 0 saturated carbocycles. The van der Waals surface area contributed by atoms with Crippen LogP contribution in [-0.2, 0) is 20.7 Å². The molecule has 0 saturated heterocycles. The van der Waals surface area contributed by atoms with Gasteiger partial charge in [-0.05, 0) is 42.0 Å². The summed E-state index contributed by atoms with van der Waals surface area (Å²) < 4.78 is 18.1. The minimum absolute atomic E-state index is 0.115. The molecule has 0 unspecified atom stereocenters. The number of para-hydroxylation sites is 1. The van der Waals surface area contributed by atoms with Gasteiger partial charge in [-0.2, -0.15) is 0 Å². The van der Waals surface area contributed by atoms with Crippen molar-refractivity contribution in [2.75, 3.05) is 18.1 Å². The lowest BCUT2D eigenvalue weighted by Gasteiger charge is -2.45. The molecular weight excluding hydrogens is 458 g/mol. The van der Waals surface area contributed by atoms with Crippen LogP contribution >= 0.6 is 11.6 Å². The van der Waals surface area contributed by atoms with E-state index < -0.39 is 24.6 Å². The van der Waals surface area contributed by atoms with Crippen LogP contribution in [0, 0.1) is 5.41 Å². The Morgan fingerprint density at radius 2 is 1.94 bits per heavy atom. The molecule has 3 atom stereocenters. The first kappa shape index (κ1) is 23.0. The summed E-state index contributed by atoms with van der Waals surface area (Å²) in [5.41, 5.74) is 2.93. The molecule has 2 aromatic rings. The van der Waals surface area contributed by atoms with Crippen LogP contribution < -0.4 is 14.4 Å². The molecular formula is C26H28ClNO6. The number of nitrogens with zero attached hydrogens (tertiary/aromatic N) is 1. The van der Waals surface area contributed by atoms with Crippen LogP contribution in [-0.4, -0.2) is 42.3 Å². The van der Waals surface area contributed by atoms with Crippen molar-refractivity contribution in [2.24, 2.45) is 5.41 Å². The average molecular weight is 486 g/mol. The van der Waals surface area contributed by atoms with Gasteiger partial charge in [0.1, 0.15) is 25.4 Å². The third kappa shape index (κ3) is 3.91. The molecule has 34 heavy (non-hydrogen) atoms. The van der Waals surface area contributed by atoms with Gasteiger partial charge in [0.15, 0.2) is 11.5 Å². The maximum atomic E-state index is 13.9. The number of carboxylic acid groups (broad SMARTS) is 1. The Bertz CT molecular complexity index is 1160. The average Bonchev–Trinajstić information content (AvgIpc) is 2.89. The minimum atomic E-state index is -1.16. The molecule has 0 radical (unpaired) electrons. The lowest BCUT2D eigenvalue weighted by atomic mass is 9.78. The molecule has 3 aliphatic rings. The van der Waals surface area contributed by atoms with Crippen molar-refractivity contribution >= 4 is 29.2 Å². The molecule has 180 valence electrons. The molecule has 0 spiro atoms. The summed E-state index contributed by atoms with van der Waals surface area (Å²) in [4.78, 5) is 27.5. The van der Waals surface area contributed by atoms with Crippen LogP contribution in [0.2, 0.25) is 5.02 Å². The highest BCUT2D eigenvalue weighted by molar-refractivity contribution is 6.31. The second-order valence-corrected chi connectivity index (χ2v) is 10.5. The van der Waals surface area contributed by atoms with Crippen molar-refractivity contribution in [2.45, 2.75) is 58.3 Å². The van der Waals surface area contributed by atoms with E-state index in [1.807, 2.05) is 30.3 Å². The van der Waals surface area contributed by atoms with Gasteiger partial charge in [0.05, 0.1) is 12.1 Å². The van der Waals surface area contributed by atoms with Crippen LogP contribution in [0.1, 0.15) is 56.4 Å². The Hall–Kier alpha value is -2.77. The van der Waals surface area contributed by atoms with E-state index in [4.69, 9.17) is 25.8 Å². The maximum absolute atomic E-state index is 13.9. The summed E-state index contributed by atoms with van der Waals surface area (Å²) >= 11 is 6.56. The zero-order valence-electron chi connectivity index (χ0n) is 19.5. The van der Waals surface area contributed by atoms with Crippen LogP contribution in [0.3, 0.4) is 0 Å². The van der Waals surface area contributed by atoms with Crippen LogP contribution in [0.25, 0.3) is 0 Å². The van der Waals surface area contributed by atoms with Crippen LogP contribution in [0.5, 0.6) is 11.5 Å². The standard InChI is InChI=1S/C26H28ClNO6/c1-26(2,3)20-8-7-14-11-15(27)12-17-22(14)28(20)25(31)19(13-21(29)30)34-23(17)16-5-4-6-18-24(16)33-10-9-32-18/h4-6,11-12,19-20,23H,7-10,13H2,1-3H3,(H,29,30)/t19-,20+,23-/m1/s1. The number of hydrogen-bond donors (Lipinski definition) is 1. The first-order valence-electron chi connectivity index (χ1n) is 11.6. The first-order chi connectivity index (χ1) is 16.1. The number of carbonyl (C=O) groups excluding carboxylic acids is 1. The largest absolute Gasteiger partial charge is 0.486 e. The van der Waals surface area contributed by atoms with E-state index in [9.17, 15) is 14.7 Å². The van der Waals surface area contributed by atoms with E-state index in [2.05, 4.69) is 20.8 Å². The predicted octanol–water partition coefficient (Wildman–Crippen LogP) is 4.77. The summed E-state index contributed by atoms with van der Waals surface area (Å²) in [5, 5.41) is 10.2. The van der Waals surface area contributed by atoms with Gasteiger partial charge in [-0.1, -0.05) is 44.5 Å². The van der Waals surface area contributed by atoms with Gasteiger partial charge in [0.2, 0.25) is 0 Å². The minimum Gasteiger partial charge on any atom is -0.486 e. The maximum Gasteiger partial charge on any atom is 0.306 e. The first-order valence-corrected chi connectivity index (χ1v) is 11.9. The number of amides is 1. The molecule has 3 aliphatic heterocycles. The van der Waals surface area contributed by atoms with Crippen LogP contribution in [0.4, 0.5) is 5.69 Å². The molecule has 1 N–H and O–H groups in total. The number of carbonyl (C=O) groups is 2. The van der Waals surface area contributed by atoms with E-state index in [0.717, 1.165) is 29.7 Å². The van der Waals surface area contributed by atoms with E-state index in [1.165, 1.54) is 0 Å². The van der Waals surface area contributed by atoms with Crippen molar-refractivity contribution in [3.05, 3.63) is 52.0 Å². The van der Waals surface area contributed by atoms with Gasteiger partial charge in [0, 0.05) is 22.2 Å². The lowest BCUT2D eigenvalue weighted by Crippen LogP contribution is -2.53. The quantitative estimate of drug-likeness (QED) is 0.674. The fraction of sp³-hybridized carbons (Fsp3) is 0.462. The molecule has 8 heteroatoms.